The summed E-state index contributed by atoms with van der Waals surface area (Å²) in [5.41, 5.74) is 5.54. The highest BCUT2D eigenvalue weighted by Gasteiger charge is 2.23. The zero-order valence-electron chi connectivity index (χ0n) is 17.9. The Morgan fingerprint density at radius 1 is 0.939 bits per heavy atom. The number of halogens is 1. The molecule has 1 heterocycles. The molecule has 6 heteroatoms. The van der Waals surface area contributed by atoms with Crippen molar-refractivity contribution in [3.05, 3.63) is 95.4 Å². The van der Waals surface area contributed by atoms with Crippen LogP contribution in [0.4, 0.5) is 10.2 Å². The summed E-state index contributed by atoms with van der Waals surface area (Å²) in [5.74, 6) is 0.111. The van der Waals surface area contributed by atoms with Crippen LogP contribution in [0.25, 0.3) is 22.5 Å². The molecule has 1 aromatic heterocycles. The van der Waals surface area contributed by atoms with Gasteiger partial charge in [-0.15, -0.1) is 0 Å². The second-order valence-electron chi connectivity index (χ2n) is 8.10. The number of phenols is 1. The van der Waals surface area contributed by atoms with Crippen LogP contribution in [0.5, 0.6) is 5.75 Å². The molecule has 0 unspecified atom stereocenters. The Labute approximate surface area is 191 Å². The Morgan fingerprint density at radius 2 is 1.73 bits per heavy atom. The third-order valence-electron chi connectivity index (χ3n) is 5.80. The first-order valence-corrected chi connectivity index (χ1v) is 10.9. The van der Waals surface area contributed by atoms with E-state index < -0.39 is 0 Å². The first kappa shape index (κ1) is 20.8. The number of fused-ring (bicyclic) bond motifs is 3. The second kappa shape index (κ2) is 8.82. The molecule has 0 radical (unpaired) electrons. The van der Waals surface area contributed by atoms with Crippen molar-refractivity contribution in [2.45, 2.75) is 25.7 Å². The number of nitrogens with one attached hydrogen (secondary N) is 1. The zero-order valence-corrected chi connectivity index (χ0v) is 17.9. The van der Waals surface area contributed by atoms with E-state index in [1.807, 2.05) is 30.3 Å². The number of phenolic OH excluding ortho intramolecular Hbond substituents is 1. The summed E-state index contributed by atoms with van der Waals surface area (Å²) >= 11 is 0. The number of amides is 1. The first-order valence-electron chi connectivity index (χ1n) is 10.9. The fourth-order valence-electron chi connectivity index (χ4n) is 4.12. The molecule has 4 aromatic rings. The lowest BCUT2D eigenvalue weighted by Gasteiger charge is -2.21. The maximum Gasteiger partial charge on any atom is 0.225 e. The molecule has 0 saturated carbocycles. The van der Waals surface area contributed by atoms with Gasteiger partial charge in [-0.3, -0.25) is 4.79 Å². The molecule has 0 aliphatic heterocycles. The lowest BCUT2D eigenvalue weighted by Crippen LogP contribution is -2.17. The van der Waals surface area contributed by atoms with E-state index in [1.165, 1.54) is 6.07 Å². The summed E-state index contributed by atoms with van der Waals surface area (Å²) in [4.78, 5) is 22.4. The molecule has 5 rings (SSSR count). The van der Waals surface area contributed by atoms with E-state index in [2.05, 4.69) is 5.32 Å². The number of hydrogen-bond donors (Lipinski definition) is 2. The average Bonchev–Trinajstić information content (AvgIpc) is 2.83. The molecule has 3 aromatic carbocycles. The number of nitrogens with zero attached hydrogens (tertiary/aromatic N) is 2. The van der Waals surface area contributed by atoms with Crippen LogP contribution in [0, 0.1) is 5.82 Å². The van der Waals surface area contributed by atoms with E-state index in [9.17, 15) is 14.3 Å². The molecule has 1 aliphatic carbocycles. The summed E-state index contributed by atoms with van der Waals surface area (Å²) < 4.78 is 13.7. The van der Waals surface area contributed by atoms with Crippen molar-refractivity contribution >= 4 is 11.7 Å². The standard InChI is InChI=1S/C27H22FN3O2/c28-20-10-13-22-19(16-20)9-14-23-26(22)31-25(18-7-11-21(32)12-8-18)27(29-23)30-24(33)15-6-17-4-2-1-3-5-17/h1-5,7-8,10-13,16,32H,6,9,14-15H2,(H,29,30,33). The van der Waals surface area contributed by atoms with E-state index in [0.717, 1.165) is 27.9 Å². The van der Waals surface area contributed by atoms with E-state index >= 15 is 0 Å². The number of anilines is 1. The first-order chi connectivity index (χ1) is 16.1. The summed E-state index contributed by atoms with van der Waals surface area (Å²) in [5, 5.41) is 12.6. The molecule has 0 atom stereocenters. The van der Waals surface area contributed by atoms with Gasteiger partial charge in [0, 0.05) is 17.5 Å². The lowest BCUT2D eigenvalue weighted by molar-refractivity contribution is -0.116. The number of hydrogen-bond acceptors (Lipinski definition) is 4. The number of aromatic hydroxyl groups is 1. The zero-order chi connectivity index (χ0) is 22.8. The van der Waals surface area contributed by atoms with Crippen molar-refractivity contribution < 1.29 is 14.3 Å². The lowest BCUT2D eigenvalue weighted by atomic mass is 9.91. The Morgan fingerprint density at radius 3 is 2.52 bits per heavy atom. The molecule has 33 heavy (non-hydrogen) atoms. The minimum absolute atomic E-state index is 0.138. The van der Waals surface area contributed by atoms with E-state index in [4.69, 9.17) is 9.97 Å². The van der Waals surface area contributed by atoms with Gasteiger partial charge in [0.05, 0.1) is 11.4 Å². The van der Waals surface area contributed by atoms with Crippen molar-refractivity contribution in [3.8, 4) is 28.3 Å². The fraction of sp³-hybridized carbons (Fsp3) is 0.148. The topological polar surface area (TPSA) is 75.1 Å². The molecule has 0 saturated heterocycles. The van der Waals surface area contributed by atoms with Crippen molar-refractivity contribution in [1.82, 2.24) is 9.97 Å². The van der Waals surface area contributed by atoms with Gasteiger partial charge in [-0.1, -0.05) is 30.3 Å². The third kappa shape index (κ3) is 4.46. The molecule has 164 valence electrons. The van der Waals surface area contributed by atoms with Crippen LogP contribution in [0.15, 0.2) is 72.8 Å². The Hall–Kier alpha value is -4.06. The van der Waals surface area contributed by atoms with Gasteiger partial charge < -0.3 is 10.4 Å². The fourth-order valence-corrected chi connectivity index (χ4v) is 4.12. The number of carbonyl (C=O) groups excluding carboxylic acids is 1. The Balaban J connectivity index is 1.51. The third-order valence-corrected chi connectivity index (χ3v) is 5.80. The quantitative estimate of drug-likeness (QED) is 0.441. The average molecular weight is 439 g/mol. The molecular formula is C27H22FN3O2. The number of rotatable bonds is 5. The predicted octanol–water partition coefficient (Wildman–Crippen LogP) is 5.33. The van der Waals surface area contributed by atoms with Crippen molar-refractivity contribution in [3.63, 3.8) is 0 Å². The highest BCUT2D eigenvalue weighted by molar-refractivity contribution is 5.94. The van der Waals surface area contributed by atoms with Gasteiger partial charge in [-0.25, -0.2) is 14.4 Å². The molecule has 5 nitrogen and oxygen atoms in total. The highest BCUT2D eigenvalue weighted by Crippen LogP contribution is 2.36. The Kier molecular flexibility index (Phi) is 5.57. The summed E-state index contributed by atoms with van der Waals surface area (Å²) in [7, 11) is 0. The molecule has 0 spiro atoms. The monoisotopic (exact) mass is 439 g/mol. The maximum absolute atomic E-state index is 13.7. The van der Waals surface area contributed by atoms with Crippen LogP contribution >= 0.6 is 0 Å². The van der Waals surface area contributed by atoms with Crippen molar-refractivity contribution in [2.75, 3.05) is 5.32 Å². The number of aryl methyl sites for hydroxylation is 3. The van der Waals surface area contributed by atoms with E-state index in [-0.39, 0.29) is 17.5 Å². The molecule has 2 N–H and O–H groups in total. The smallest absolute Gasteiger partial charge is 0.225 e. The molecule has 0 bridgehead atoms. The second-order valence-corrected chi connectivity index (χ2v) is 8.10. The highest BCUT2D eigenvalue weighted by atomic mass is 19.1. The van der Waals surface area contributed by atoms with Crippen LogP contribution in [0.3, 0.4) is 0 Å². The van der Waals surface area contributed by atoms with Gasteiger partial charge in [0.25, 0.3) is 0 Å². The van der Waals surface area contributed by atoms with Gasteiger partial charge >= 0.3 is 0 Å². The molecule has 0 fully saturated rings. The minimum atomic E-state index is -0.272. The molecule has 1 aliphatic rings. The van der Waals surface area contributed by atoms with Crippen LogP contribution in [0.2, 0.25) is 0 Å². The molecular weight excluding hydrogens is 417 g/mol. The number of carbonyl (C=O) groups is 1. The SMILES string of the molecule is O=C(CCc1ccccc1)Nc1nc2c(nc1-c1ccc(O)cc1)-c1ccc(F)cc1CC2. The Bertz CT molecular complexity index is 1320. The van der Waals surface area contributed by atoms with Crippen LogP contribution in [0.1, 0.15) is 23.2 Å². The predicted molar refractivity (Wildman–Crippen MR) is 125 cm³/mol. The van der Waals surface area contributed by atoms with Crippen LogP contribution in [-0.2, 0) is 24.1 Å². The van der Waals surface area contributed by atoms with Crippen molar-refractivity contribution in [1.29, 1.82) is 0 Å². The molecule has 1 amide bonds. The summed E-state index contributed by atoms with van der Waals surface area (Å²) in [6.07, 6.45) is 2.22. The summed E-state index contributed by atoms with van der Waals surface area (Å²) in [6, 6.07) is 21.2. The van der Waals surface area contributed by atoms with Gasteiger partial charge in [-0.05, 0) is 72.9 Å². The van der Waals surface area contributed by atoms with Crippen LogP contribution in [-0.4, -0.2) is 21.0 Å². The number of benzene rings is 3. The largest absolute Gasteiger partial charge is 0.508 e. The van der Waals surface area contributed by atoms with Gasteiger partial charge in [0.2, 0.25) is 5.91 Å². The van der Waals surface area contributed by atoms with Crippen LogP contribution < -0.4 is 5.32 Å². The maximum atomic E-state index is 13.7. The van der Waals surface area contributed by atoms with Crippen molar-refractivity contribution in [2.24, 2.45) is 0 Å². The minimum Gasteiger partial charge on any atom is -0.508 e. The van der Waals surface area contributed by atoms with Gasteiger partial charge in [0.1, 0.15) is 17.3 Å². The van der Waals surface area contributed by atoms with Gasteiger partial charge in [0.15, 0.2) is 5.82 Å². The number of aromatic nitrogens is 2. The normalized spacial score (nSPS) is 12.0. The van der Waals surface area contributed by atoms with Gasteiger partial charge in [-0.2, -0.15) is 0 Å². The van der Waals surface area contributed by atoms with E-state index in [1.54, 1.807) is 36.4 Å². The summed E-state index contributed by atoms with van der Waals surface area (Å²) in [6.45, 7) is 0. The van der Waals surface area contributed by atoms with E-state index in [0.29, 0.717) is 42.9 Å².